The van der Waals surface area contributed by atoms with Gasteiger partial charge >= 0.3 is 6.03 Å². The Hall–Kier alpha value is -1.38. The third kappa shape index (κ3) is 3.45. The number of ether oxygens (including phenoxy) is 1. The summed E-state index contributed by atoms with van der Waals surface area (Å²) in [7, 11) is 0. The van der Waals surface area contributed by atoms with Gasteiger partial charge in [0.15, 0.2) is 0 Å². The lowest BCUT2D eigenvalue weighted by atomic mass is 10.1. The first-order chi connectivity index (χ1) is 9.95. The predicted octanol–water partition coefficient (Wildman–Crippen LogP) is -1.18. The van der Waals surface area contributed by atoms with Crippen LogP contribution >= 0.6 is 0 Å². The first kappa shape index (κ1) is 16.0. The molecule has 21 heavy (non-hydrogen) atoms. The fraction of sp³-hybridized carbons (Fsp3) is 0.846. The Morgan fingerprint density at radius 1 is 1.19 bits per heavy atom. The molecule has 0 saturated carbocycles. The minimum Gasteiger partial charge on any atom is -0.389 e. The molecule has 2 aliphatic heterocycles. The van der Waals surface area contributed by atoms with E-state index in [0.717, 1.165) is 30.8 Å². The van der Waals surface area contributed by atoms with E-state index in [-0.39, 0.29) is 6.61 Å². The van der Waals surface area contributed by atoms with Gasteiger partial charge in [-0.15, -0.1) is 0 Å². The molecule has 0 radical (unpaired) electrons. The number of carbonyl (C=O) groups excluding carboxylic acids is 2. The summed E-state index contributed by atoms with van der Waals surface area (Å²) in [6, 6.07) is -0.736. The lowest BCUT2D eigenvalue weighted by molar-refractivity contribution is -0.168. The maximum absolute atomic E-state index is 11.8. The minimum atomic E-state index is -1.52. The second-order valence-corrected chi connectivity index (χ2v) is 5.71. The van der Waals surface area contributed by atoms with Gasteiger partial charge in [-0.05, 0) is 32.4 Å². The van der Waals surface area contributed by atoms with Crippen LogP contribution < -0.4 is 11.5 Å². The molecular formula is C13H24N4O4. The van der Waals surface area contributed by atoms with Crippen molar-refractivity contribution in [2.45, 2.75) is 37.5 Å². The lowest BCUT2D eigenvalue weighted by Crippen LogP contribution is -2.60. The molecule has 2 aliphatic rings. The van der Waals surface area contributed by atoms with E-state index in [1.807, 2.05) is 0 Å². The molecule has 8 heteroatoms. The lowest BCUT2D eigenvalue weighted by Gasteiger charge is -2.35. The van der Waals surface area contributed by atoms with Crippen molar-refractivity contribution in [2.75, 3.05) is 32.8 Å². The number of carbonyl (C=O) groups is 2. The van der Waals surface area contributed by atoms with E-state index in [0.29, 0.717) is 25.9 Å². The summed E-state index contributed by atoms with van der Waals surface area (Å²) >= 11 is 0. The van der Waals surface area contributed by atoms with Crippen LogP contribution in [0.2, 0.25) is 0 Å². The van der Waals surface area contributed by atoms with Gasteiger partial charge in [0.2, 0.25) is 5.72 Å². The summed E-state index contributed by atoms with van der Waals surface area (Å²) in [4.78, 5) is 26.5. The number of nitrogens with two attached hydrogens (primary N) is 2. The Morgan fingerprint density at radius 2 is 1.86 bits per heavy atom. The highest BCUT2D eigenvalue weighted by Crippen LogP contribution is 2.30. The van der Waals surface area contributed by atoms with Crippen LogP contribution in [0.3, 0.4) is 0 Å². The van der Waals surface area contributed by atoms with Crippen molar-refractivity contribution < 1.29 is 19.4 Å². The number of hydrogen-bond donors (Lipinski definition) is 3. The van der Waals surface area contributed by atoms with Crippen molar-refractivity contribution in [3.05, 3.63) is 0 Å². The van der Waals surface area contributed by atoms with Gasteiger partial charge in [-0.1, -0.05) is 0 Å². The number of likely N-dealkylation sites (tertiary alicyclic amines) is 2. The highest BCUT2D eigenvalue weighted by atomic mass is 16.5. The first-order valence-electron chi connectivity index (χ1n) is 7.37. The zero-order valence-electron chi connectivity index (χ0n) is 12.2. The molecule has 2 unspecified atom stereocenters. The van der Waals surface area contributed by atoms with Crippen molar-refractivity contribution in [1.29, 1.82) is 0 Å². The highest BCUT2D eigenvalue weighted by molar-refractivity contribution is 5.88. The number of nitrogens with zero attached hydrogens (tertiary/aromatic N) is 2. The van der Waals surface area contributed by atoms with E-state index < -0.39 is 23.8 Å². The van der Waals surface area contributed by atoms with Crippen molar-refractivity contribution in [3.8, 4) is 0 Å². The maximum Gasteiger partial charge on any atom is 0.317 e. The van der Waals surface area contributed by atoms with Gasteiger partial charge in [0.05, 0.1) is 12.7 Å². The van der Waals surface area contributed by atoms with E-state index in [9.17, 15) is 14.7 Å². The Morgan fingerprint density at radius 3 is 2.43 bits per heavy atom. The first-order valence-corrected chi connectivity index (χ1v) is 7.37. The summed E-state index contributed by atoms with van der Waals surface area (Å²) < 4.78 is 5.57. The zero-order chi connectivity index (χ0) is 15.5. The van der Waals surface area contributed by atoms with Gasteiger partial charge < -0.3 is 26.2 Å². The standard InChI is InChI=1S/C13H24N4O4/c14-11(19)13(4-3-7-17(13)12(15)20)21-9-10(18)8-16-5-1-2-6-16/h10,18H,1-9H2,(H2,14,19)(H2,15,20). The molecule has 8 nitrogen and oxygen atoms in total. The van der Waals surface area contributed by atoms with Crippen molar-refractivity contribution >= 4 is 11.9 Å². The van der Waals surface area contributed by atoms with E-state index >= 15 is 0 Å². The number of amides is 3. The number of urea groups is 1. The van der Waals surface area contributed by atoms with Gasteiger partial charge in [-0.3, -0.25) is 9.69 Å². The van der Waals surface area contributed by atoms with Gasteiger partial charge in [0, 0.05) is 19.5 Å². The third-order valence-electron chi connectivity index (χ3n) is 4.17. The number of primary amides is 2. The summed E-state index contributed by atoms with van der Waals surface area (Å²) in [5, 5.41) is 10.0. The van der Waals surface area contributed by atoms with Crippen LogP contribution in [0.5, 0.6) is 0 Å². The largest absolute Gasteiger partial charge is 0.389 e. The number of hydrogen-bond acceptors (Lipinski definition) is 5. The van der Waals surface area contributed by atoms with E-state index in [1.54, 1.807) is 0 Å². The predicted molar refractivity (Wildman–Crippen MR) is 75.1 cm³/mol. The van der Waals surface area contributed by atoms with E-state index in [2.05, 4.69) is 4.90 Å². The van der Waals surface area contributed by atoms with Crippen LogP contribution in [-0.2, 0) is 9.53 Å². The average molecular weight is 300 g/mol. The van der Waals surface area contributed by atoms with Crippen LogP contribution in [0.25, 0.3) is 0 Å². The molecule has 2 saturated heterocycles. The zero-order valence-corrected chi connectivity index (χ0v) is 12.2. The molecule has 2 atom stereocenters. The van der Waals surface area contributed by atoms with Gasteiger partial charge in [0.1, 0.15) is 0 Å². The number of aliphatic hydroxyl groups excluding tert-OH is 1. The molecule has 0 aromatic rings. The van der Waals surface area contributed by atoms with E-state index in [1.165, 1.54) is 0 Å². The molecule has 0 aromatic carbocycles. The van der Waals surface area contributed by atoms with Crippen LogP contribution in [0.1, 0.15) is 25.7 Å². The highest BCUT2D eigenvalue weighted by Gasteiger charge is 2.49. The summed E-state index contributed by atoms with van der Waals surface area (Å²) in [6.45, 7) is 2.70. The summed E-state index contributed by atoms with van der Waals surface area (Å²) in [5.74, 6) is -0.743. The second kappa shape index (κ2) is 6.59. The Labute approximate surface area is 124 Å². The molecule has 0 aromatic heterocycles. The third-order valence-corrected chi connectivity index (χ3v) is 4.17. The van der Waals surface area contributed by atoms with Gasteiger partial charge in [-0.2, -0.15) is 0 Å². The Bertz CT molecular complexity index is 400. The molecule has 2 fully saturated rings. The van der Waals surface area contributed by atoms with E-state index in [4.69, 9.17) is 16.2 Å². The van der Waals surface area contributed by atoms with Crippen LogP contribution in [-0.4, -0.2) is 71.5 Å². The van der Waals surface area contributed by atoms with Crippen molar-refractivity contribution in [3.63, 3.8) is 0 Å². The molecular weight excluding hydrogens is 276 g/mol. The Kier molecular flexibility index (Phi) is 5.02. The minimum absolute atomic E-state index is 0.0524. The molecule has 0 aliphatic carbocycles. The fourth-order valence-electron chi connectivity index (χ4n) is 3.11. The topological polar surface area (TPSA) is 122 Å². The molecule has 3 amide bonds. The van der Waals surface area contributed by atoms with Crippen molar-refractivity contribution in [1.82, 2.24) is 9.80 Å². The van der Waals surface area contributed by atoms with Crippen LogP contribution in [0, 0.1) is 0 Å². The summed E-state index contributed by atoms with van der Waals surface area (Å²) in [6.07, 6.45) is 2.44. The molecule has 2 rings (SSSR count). The monoisotopic (exact) mass is 300 g/mol. The molecule has 0 spiro atoms. The quantitative estimate of drug-likeness (QED) is 0.569. The SMILES string of the molecule is NC(=O)N1CCCC1(OCC(O)CN1CCCC1)C(N)=O. The van der Waals surface area contributed by atoms with Gasteiger partial charge in [0.25, 0.3) is 5.91 Å². The second-order valence-electron chi connectivity index (χ2n) is 5.71. The fourth-order valence-corrected chi connectivity index (χ4v) is 3.11. The number of β-amino-alcohol motifs (C(OH)–C–C–N with tert-alkyl or cyclic N) is 1. The van der Waals surface area contributed by atoms with Gasteiger partial charge in [-0.25, -0.2) is 4.79 Å². The average Bonchev–Trinajstić information content (AvgIpc) is 3.05. The summed E-state index contributed by atoms with van der Waals surface area (Å²) in [5.41, 5.74) is 9.17. The smallest absolute Gasteiger partial charge is 0.317 e. The van der Waals surface area contributed by atoms with Crippen LogP contribution in [0.15, 0.2) is 0 Å². The maximum atomic E-state index is 11.8. The Balaban J connectivity index is 1.93. The van der Waals surface area contributed by atoms with Crippen LogP contribution in [0.4, 0.5) is 4.79 Å². The number of aliphatic hydroxyl groups is 1. The molecule has 0 bridgehead atoms. The molecule has 5 N–H and O–H groups in total. The normalized spacial score (nSPS) is 28.0. The molecule has 120 valence electrons. The van der Waals surface area contributed by atoms with Crippen molar-refractivity contribution in [2.24, 2.45) is 11.5 Å². The number of rotatable bonds is 6. The molecule has 2 heterocycles.